The minimum atomic E-state index is -0.696. The summed E-state index contributed by atoms with van der Waals surface area (Å²) in [5.74, 6) is -0.246. The molecular weight excluding hydrogens is 394 g/mol. The van der Waals surface area contributed by atoms with Crippen molar-refractivity contribution in [3.05, 3.63) is 81.2 Å². The SMILES string of the molecule is Cc1cc(C)c(NC(=O)[C@H](C)n2cnc3scc(-c4ccccc4)c3c2=O)c(C)c1. The maximum absolute atomic E-state index is 13.3. The molecule has 0 saturated heterocycles. The van der Waals surface area contributed by atoms with Gasteiger partial charge in [0.2, 0.25) is 5.91 Å². The summed E-state index contributed by atoms with van der Waals surface area (Å²) in [7, 11) is 0. The molecule has 0 unspecified atom stereocenters. The smallest absolute Gasteiger partial charge is 0.263 e. The Hall–Kier alpha value is -3.25. The zero-order valence-corrected chi connectivity index (χ0v) is 18.2. The maximum Gasteiger partial charge on any atom is 0.263 e. The summed E-state index contributed by atoms with van der Waals surface area (Å²) in [5.41, 5.74) is 5.54. The van der Waals surface area contributed by atoms with Crippen molar-refractivity contribution in [2.45, 2.75) is 33.7 Å². The Kier molecular flexibility index (Phi) is 5.26. The van der Waals surface area contributed by atoms with Crippen LogP contribution < -0.4 is 10.9 Å². The van der Waals surface area contributed by atoms with Crippen molar-refractivity contribution < 1.29 is 4.79 Å². The van der Waals surface area contributed by atoms with Crippen molar-refractivity contribution in [2.24, 2.45) is 0 Å². The van der Waals surface area contributed by atoms with E-state index in [1.54, 1.807) is 6.92 Å². The van der Waals surface area contributed by atoms with Crippen LogP contribution in [0.1, 0.15) is 29.7 Å². The van der Waals surface area contributed by atoms with E-state index >= 15 is 0 Å². The molecule has 30 heavy (non-hydrogen) atoms. The van der Waals surface area contributed by atoms with Gasteiger partial charge in [0.1, 0.15) is 10.9 Å². The summed E-state index contributed by atoms with van der Waals surface area (Å²) in [6.07, 6.45) is 1.47. The third-order valence-electron chi connectivity index (χ3n) is 5.33. The number of thiophene rings is 1. The normalized spacial score (nSPS) is 12.1. The lowest BCUT2D eigenvalue weighted by molar-refractivity contribution is -0.118. The van der Waals surface area contributed by atoms with Gasteiger partial charge < -0.3 is 5.32 Å². The largest absolute Gasteiger partial charge is 0.324 e. The molecule has 2 aromatic heterocycles. The van der Waals surface area contributed by atoms with Crippen LogP contribution in [0.15, 0.2) is 59.0 Å². The molecule has 0 spiro atoms. The number of nitrogens with zero attached hydrogens (tertiary/aromatic N) is 2. The molecule has 0 aliphatic rings. The molecule has 0 saturated carbocycles. The minimum absolute atomic E-state index is 0.208. The van der Waals surface area contributed by atoms with Gasteiger partial charge in [0.25, 0.3) is 5.56 Å². The average Bonchev–Trinajstić information content (AvgIpc) is 3.16. The van der Waals surface area contributed by atoms with E-state index in [-0.39, 0.29) is 11.5 Å². The third kappa shape index (κ3) is 3.55. The number of hydrogen-bond donors (Lipinski definition) is 1. The van der Waals surface area contributed by atoms with E-state index in [1.165, 1.54) is 22.2 Å². The van der Waals surface area contributed by atoms with Crippen molar-refractivity contribution in [3.63, 3.8) is 0 Å². The molecule has 6 heteroatoms. The van der Waals surface area contributed by atoms with E-state index in [2.05, 4.69) is 10.3 Å². The molecule has 0 radical (unpaired) electrons. The Labute approximate surface area is 179 Å². The van der Waals surface area contributed by atoms with E-state index in [4.69, 9.17) is 0 Å². The number of hydrogen-bond acceptors (Lipinski definition) is 4. The second-order valence-corrected chi connectivity index (χ2v) is 8.45. The number of fused-ring (bicyclic) bond motifs is 1. The van der Waals surface area contributed by atoms with Gasteiger partial charge in [-0.1, -0.05) is 48.0 Å². The summed E-state index contributed by atoms with van der Waals surface area (Å²) < 4.78 is 1.41. The third-order valence-corrected chi connectivity index (χ3v) is 6.21. The first-order valence-electron chi connectivity index (χ1n) is 9.79. The number of amides is 1. The van der Waals surface area contributed by atoms with Crippen molar-refractivity contribution in [3.8, 4) is 11.1 Å². The maximum atomic E-state index is 13.3. The van der Waals surface area contributed by atoms with Crippen LogP contribution in [0.4, 0.5) is 5.69 Å². The zero-order chi connectivity index (χ0) is 21.4. The van der Waals surface area contributed by atoms with Gasteiger partial charge in [-0.05, 0) is 44.4 Å². The number of aryl methyl sites for hydroxylation is 3. The van der Waals surface area contributed by atoms with Crippen LogP contribution in [-0.4, -0.2) is 15.5 Å². The van der Waals surface area contributed by atoms with Crippen LogP contribution in [0, 0.1) is 20.8 Å². The Bertz CT molecular complexity index is 1280. The second-order valence-electron chi connectivity index (χ2n) is 7.59. The Morgan fingerprint density at radius 3 is 2.43 bits per heavy atom. The highest BCUT2D eigenvalue weighted by Gasteiger charge is 2.21. The fourth-order valence-electron chi connectivity index (χ4n) is 3.78. The lowest BCUT2D eigenvalue weighted by atomic mass is 10.0. The zero-order valence-electron chi connectivity index (χ0n) is 17.4. The Morgan fingerprint density at radius 2 is 1.77 bits per heavy atom. The molecule has 0 aliphatic heterocycles. The monoisotopic (exact) mass is 417 g/mol. The molecule has 1 amide bonds. The van der Waals surface area contributed by atoms with Gasteiger partial charge in [0.15, 0.2) is 0 Å². The standard InChI is InChI=1S/C24H23N3O2S/c1-14-10-15(2)21(16(3)11-14)26-22(28)17(4)27-13-25-23-20(24(27)29)19(12-30-23)18-8-6-5-7-9-18/h5-13,17H,1-4H3,(H,26,28)/t17-/m0/s1. The molecule has 5 nitrogen and oxygen atoms in total. The first kappa shape index (κ1) is 20.0. The summed E-state index contributed by atoms with van der Waals surface area (Å²) >= 11 is 1.43. The second kappa shape index (κ2) is 7.88. The lowest BCUT2D eigenvalue weighted by Crippen LogP contribution is -2.32. The van der Waals surface area contributed by atoms with E-state index in [0.29, 0.717) is 10.2 Å². The number of benzene rings is 2. The molecule has 2 heterocycles. The van der Waals surface area contributed by atoms with Crippen molar-refractivity contribution in [1.82, 2.24) is 9.55 Å². The summed E-state index contributed by atoms with van der Waals surface area (Å²) in [5, 5.41) is 5.49. The van der Waals surface area contributed by atoms with E-state index in [0.717, 1.165) is 33.5 Å². The first-order chi connectivity index (χ1) is 14.4. The van der Waals surface area contributed by atoms with Crippen molar-refractivity contribution >= 4 is 33.1 Å². The van der Waals surface area contributed by atoms with Crippen LogP contribution in [0.2, 0.25) is 0 Å². The molecular formula is C24H23N3O2S. The van der Waals surface area contributed by atoms with Gasteiger partial charge in [0.05, 0.1) is 11.7 Å². The fraction of sp³-hybridized carbons (Fsp3) is 0.208. The van der Waals surface area contributed by atoms with Crippen LogP contribution in [0.25, 0.3) is 21.3 Å². The number of carbonyl (C=O) groups is 1. The highest BCUT2D eigenvalue weighted by atomic mass is 32.1. The van der Waals surface area contributed by atoms with E-state index in [1.807, 2.05) is 68.6 Å². The number of rotatable bonds is 4. The van der Waals surface area contributed by atoms with Crippen LogP contribution in [0.5, 0.6) is 0 Å². The summed E-state index contributed by atoms with van der Waals surface area (Å²) in [6.45, 7) is 7.69. The van der Waals surface area contributed by atoms with Gasteiger partial charge in [-0.15, -0.1) is 11.3 Å². The van der Waals surface area contributed by atoms with Gasteiger partial charge in [-0.2, -0.15) is 0 Å². The first-order valence-corrected chi connectivity index (χ1v) is 10.7. The van der Waals surface area contributed by atoms with Gasteiger partial charge in [0, 0.05) is 16.6 Å². The van der Waals surface area contributed by atoms with Gasteiger partial charge in [-0.25, -0.2) is 4.98 Å². The number of aromatic nitrogens is 2. The molecule has 2 aromatic carbocycles. The van der Waals surface area contributed by atoms with Crippen molar-refractivity contribution in [1.29, 1.82) is 0 Å². The van der Waals surface area contributed by atoms with E-state index in [9.17, 15) is 9.59 Å². The highest BCUT2D eigenvalue weighted by molar-refractivity contribution is 7.17. The highest BCUT2D eigenvalue weighted by Crippen LogP contribution is 2.30. The van der Waals surface area contributed by atoms with Crippen LogP contribution >= 0.6 is 11.3 Å². The molecule has 4 aromatic rings. The molecule has 0 fully saturated rings. The van der Waals surface area contributed by atoms with Crippen LogP contribution in [-0.2, 0) is 4.79 Å². The Balaban J connectivity index is 1.72. The molecule has 1 atom stereocenters. The number of nitrogens with one attached hydrogen (secondary N) is 1. The average molecular weight is 418 g/mol. The molecule has 152 valence electrons. The minimum Gasteiger partial charge on any atom is -0.324 e. The Morgan fingerprint density at radius 1 is 1.10 bits per heavy atom. The van der Waals surface area contributed by atoms with Gasteiger partial charge in [-0.3, -0.25) is 14.2 Å². The van der Waals surface area contributed by atoms with Crippen molar-refractivity contribution in [2.75, 3.05) is 5.32 Å². The fourth-order valence-corrected chi connectivity index (χ4v) is 4.69. The van der Waals surface area contributed by atoms with E-state index < -0.39 is 6.04 Å². The molecule has 0 aliphatic carbocycles. The number of anilines is 1. The summed E-state index contributed by atoms with van der Waals surface area (Å²) in [6, 6.07) is 13.1. The topological polar surface area (TPSA) is 64.0 Å². The predicted octanol–water partition coefficient (Wildman–Crippen LogP) is 5.25. The van der Waals surface area contributed by atoms with Crippen LogP contribution in [0.3, 0.4) is 0 Å². The molecule has 0 bridgehead atoms. The van der Waals surface area contributed by atoms with Gasteiger partial charge >= 0.3 is 0 Å². The summed E-state index contributed by atoms with van der Waals surface area (Å²) in [4.78, 5) is 31.4. The lowest BCUT2D eigenvalue weighted by Gasteiger charge is -2.18. The predicted molar refractivity (Wildman–Crippen MR) is 123 cm³/mol. The number of carbonyl (C=O) groups excluding carboxylic acids is 1. The molecule has 1 N–H and O–H groups in total. The molecule has 4 rings (SSSR count). The quantitative estimate of drug-likeness (QED) is 0.493.